The molecule has 1 fully saturated rings. The molecule has 0 aromatic heterocycles. The molecule has 0 aliphatic heterocycles. The molecule has 1 saturated carbocycles. The van der Waals surface area contributed by atoms with Crippen molar-refractivity contribution in [1.82, 2.24) is 0 Å². The van der Waals surface area contributed by atoms with E-state index in [1.807, 2.05) is 0 Å². The number of aliphatic hydroxyl groups is 1. The van der Waals surface area contributed by atoms with Gasteiger partial charge in [-0.2, -0.15) is 35.1 Å². The number of ether oxygens (including phenoxy) is 1. The third-order valence-corrected chi connectivity index (χ3v) is 4.23. The van der Waals surface area contributed by atoms with Crippen molar-refractivity contribution in [3.05, 3.63) is 29.8 Å². The molecule has 1 atom stereocenters. The average molecular weight is 396 g/mol. The van der Waals surface area contributed by atoms with Gasteiger partial charge in [0.05, 0.1) is 12.7 Å². The molecule has 1 aromatic carbocycles. The van der Waals surface area contributed by atoms with Gasteiger partial charge in [-0.15, -0.1) is 0 Å². The van der Waals surface area contributed by atoms with E-state index in [1.54, 1.807) is 0 Å². The lowest BCUT2D eigenvalue weighted by Gasteiger charge is -2.32. The van der Waals surface area contributed by atoms with Crippen LogP contribution in [0.15, 0.2) is 24.3 Å². The zero-order valence-electron chi connectivity index (χ0n) is 13.1. The fourth-order valence-electron chi connectivity index (χ4n) is 2.76. The molecule has 11 heteroatoms. The Morgan fingerprint density at radius 1 is 0.846 bits per heavy atom. The molecule has 0 saturated heterocycles. The summed E-state index contributed by atoms with van der Waals surface area (Å²) < 4.78 is 127. The van der Waals surface area contributed by atoms with Crippen LogP contribution in [0.1, 0.15) is 25.0 Å². The van der Waals surface area contributed by atoms with E-state index in [0.29, 0.717) is 0 Å². The first-order valence-corrected chi connectivity index (χ1v) is 7.29. The zero-order chi connectivity index (χ0) is 20.2. The van der Waals surface area contributed by atoms with Crippen molar-refractivity contribution in [3.8, 4) is 5.75 Å². The Hall–Kier alpha value is -1.65. The van der Waals surface area contributed by atoms with Crippen LogP contribution in [0.2, 0.25) is 0 Å². The molecule has 0 heterocycles. The number of halogens is 9. The molecule has 1 unspecified atom stereocenters. The topological polar surface area (TPSA) is 29.5 Å². The third-order valence-electron chi connectivity index (χ3n) is 4.23. The predicted octanol–water partition coefficient (Wildman–Crippen LogP) is 4.77. The van der Waals surface area contributed by atoms with Gasteiger partial charge in [0.2, 0.25) is 0 Å². The van der Waals surface area contributed by atoms with E-state index in [4.69, 9.17) is 4.74 Å². The van der Waals surface area contributed by atoms with Gasteiger partial charge in [-0.05, 0) is 13.0 Å². The summed E-state index contributed by atoms with van der Waals surface area (Å²) in [5, 5.41) is 9.88. The molecule has 1 aliphatic rings. The molecule has 26 heavy (non-hydrogen) atoms. The van der Waals surface area contributed by atoms with Gasteiger partial charge in [-0.3, -0.25) is 0 Å². The monoisotopic (exact) mass is 396 g/mol. The van der Waals surface area contributed by atoms with Crippen LogP contribution < -0.4 is 4.74 Å². The molecule has 0 spiro atoms. The number of alkyl halides is 9. The molecule has 0 amide bonds. The zero-order valence-corrected chi connectivity index (χ0v) is 13.1. The molecule has 1 aliphatic carbocycles. The maximum absolute atomic E-state index is 14.5. The highest BCUT2D eigenvalue weighted by atomic mass is 19.4. The summed E-state index contributed by atoms with van der Waals surface area (Å²) in [6, 6.07) is 4.68. The van der Waals surface area contributed by atoms with Crippen LogP contribution >= 0.6 is 0 Å². The average Bonchev–Trinajstić information content (AvgIpc) is 2.58. The molecule has 148 valence electrons. The summed E-state index contributed by atoms with van der Waals surface area (Å²) >= 11 is 0. The van der Waals surface area contributed by atoms with E-state index in [0.717, 1.165) is 6.07 Å². The second kappa shape index (κ2) is 5.93. The van der Waals surface area contributed by atoms with Gasteiger partial charge in [0, 0.05) is 12.0 Å². The van der Waals surface area contributed by atoms with Gasteiger partial charge in [-0.1, -0.05) is 18.2 Å². The Balaban J connectivity index is 2.51. The lowest BCUT2D eigenvalue weighted by Crippen LogP contribution is -2.55. The normalized spacial score (nSPS) is 25.7. The summed E-state index contributed by atoms with van der Waals surface area (Å²) in [6.45, 7) is 1.45. The fourth-order valence-corrected chi connectivity index (χ4v) is 2.76. The van der Waals surface area contributed by atoms with Crippen molar-refractivity contribution in [1.29, 1.82) is 0 Å². The summed E-state index contributed by atoms with van der Waals surface area (Å²) in [7, 11) is 0. The molecule has 2 rings (SSSR count). The highest BCUT2D eigenvalue weighted by Crippen LogP contribution is 2.70. The van der Waals surface area contributed by atoms with Gasteiger partial charge in [0.15, 0.2) is 0 Å². The second-order valence-electron chi connectivity index (χ2n) is 5.79. The first-order chi connectivity index (χ1) is 11.7. The Bertz CT molecular complexity index is 649. The van der Waals surface area contributed by atoms with E-state index >= 15 is 0 Å². The SMILES string of the molecule is CCOc1ccccc1C(O)CC1(F)C(F)(F)C(F)(F)C(F)(F)C1(F)F. The predicted molar refractivity (Wildman–Crippen MR) is 70.8 cm³/mol. The van der Waals surface area contributed by atoms with Crippen LogP contribution in [0.4, 0.5) is 39.5 Å². The van der Waals surface area contributed by atoms with Crippen molar-refractivity contribution < 1.29 is 49.4 Å². The molecule has 0 bridgehead atoms. The smallest absolute Gasteiger partial charge is 0.381 e. The number of rotatable bonds is 5. The fraction of sp³-hybridized carbons (Fsp3) is 0.600. The third kappa shape index (κ3) is 2.31. The summed E-state index contributed by atoms with van der Waals surface area (Å²) in [6.07, 6.45) is -4.94. The molecule has 1 aromatic rings. The van der Waals surface area contributed by atoms with Crippen LogP contribution in [0.25, 0.3) is 0 Å². The van der Waals surface area contributed by atoms with E-state index in [2.05, 4.69) is 0 Å². The van der Waals surface area contributed by atoms with Crippen molar-refractivity contribution in [3.63, 3.8) is 0 Å². The van der Waals surface area contributed by atoms with Gasteiger partial charge >= 0.3 is 23.7 Å². The lowest BCUT2D eigenvalue weighted by molar-refractivity contribution is -0.303. The number of para-hydroxylation sites is 1. The Morgan fingerprint density at radius 3 is 1.77 bits per heavy atom. The van der Waals surface area contributed by atoms with E-state index in [-0.39, 0.29) is 12.4 Å². The van der Waals surface area contributed by atoms with Gasteiger partial charge in [0.1, 0.15) is 5.75 Å². The molecular formula is C15H13F9O2. The van der Waals surface area contributed by atoms with Gasteiger partial charge < -0.3 is 9.84 Å². The number of hydrogen-bond donors (Lipinski definition) is 1. The van der Waals surface area contributed by atoms with Crippen LogP contribution in [-0.2, 0) is 0 Å². The standard InChI is InChI=1S/C15H13F9O2/c1-2-26-10-6-4-3-5-8(10)9(25)7-11(16)12(17,18)14(21,22)15(23,24)13(11,19)20/h3-6,9,25H,2,7H2,1H3. The Morgan fingerprint density at radius 2 is 1.31 bits per heavy atom. The van der Waals surface area contributed by atoms with Gasteiger partial charge in [-0.25, -0.2) is 4.39 Å². The molecule has 2 nitrogen and oxygen atoms in total. The Labute approximate surface area is 141 Å². The van der Waals surface area contributed by atoms with E-state index in [1.165, 1.54) is 25.1 Å². The summed E-state index contributed by atoms with van der Waals surface area (Å²) in [5.74, 6) is -26.4. The first-order valence-electron chi connectivity index (χ1n) is 7.29. The molecule has 1 N–H and O–H groups in total. The minimum absolute atomic E-state index is 0.0209. The van der Waals surface area contributed by atoms with Crippen LogP contribution in [0.3, 0.4) is 0 Å². The highest BCUT2D eigenvalue weighted by molar-refractivity contribution is 5.36. The van der Waals surface area contributed by atoms with Crippen LogP contribution in [-0.4, -0.2) is 41.1 Å². The van der Waals surface area contributed by atoms with Crippen molar-refractivity contribution in [2.45, 2.75) is 48.8 Å². The Kier molecular flexibility index (Phi) is 4.71. The van der Waals surface area contributed by atoms with Crippen molar-refractivity contribution in [2.75, 3.05) is 6.61 Å². The second-order valence-corrected chi connectivity index (χ2v) is 5.79. The van der Waals surface area contributed by atoms with Crippen molar-refractivity contribution in [2.24, 2.45) is 0 Å². The highest BCUT2D eigenvalue weighted by Gasteiger charge is 3.00. The number of benzene rings is 1. The largest absolute Gasteiger partial charge is 0.493 e. The van der Waals surface area contributed by atoms with Crippen LogP contribution in [0, 0.1) is 0 Å². The molecular weight excluding hydrogens is 383 g/mol. The number of aliphatic hydroxyl groups excluding tert-OH is 1. The van der Waals surface area contributed by atoms with Crippen LogP contribution in [0.5, 0.6) is 5.75 Å². The maximum atomic E-state index is 14.5. The summed E-state index contributed by atoms with van der Waals surface area (Å²) in [5.41, 5.74) is -6.19. The van der Waals surface area contributed by atoms with E-state index in [9.17, 15) is 44.6 Å². The first kappa shape index (κ1) is 20.7. The lowest BCUT2D eigenvalue weighted by atomic mass is 9.87. The van der Waals surface area contributed by atoms with Gasteiger partial charge in [0.25, 0.3) is 5.67 Å². The minimum atomic E-state index is -6.66. The van der Waals surface area contributed by atoms with Crippen molar-refractivity contribution >= 4 is 0 Å². The number of hydrogen-bond acceptors (Lipinski definition) is 2. The minimum Gasteiger partial charge on any atom is -0.493 e. The molecule has 0 radical (unpaired) electrons. The maximum Gasteiger partial charge on any atom is 0.381 e. The summed E-state index contributed by atoms with van der Waals surface area (Å²) in [4.78, 5) is 0. The van der Waals surface area contributed by atoms with E-state index < -0.39 is 47.4 Å². The quantitative estimate of drug-likeness (QED) is 0.727.